The molecule has 0 saturated carbocycles. The fourth-order valence-electron chi connectivity index (χ4n) is 8.88. The summed E-state index contributed by atoms with van der Waals surface area (Å²) in [6, 6.07) is 20.3. The van der Waals surface area contributed by atoms with Crippen molar-refractivity contribution in [2.45, 2.75) is 31.6 Å². The zero-order valence-electron chi connectivity index (χ0n) is 39.8. The smallest absolute Gasteiger partial charge is 0.317 e. The number of rotatable bonds is 19. The van der Waals surface area contributed by atoms with Gasteiger partial charge in [-0.3, -0.25) is 58.1 Å². The number of aliphatic carboxylic acids is 2. The maximum Gasteiger partial charge on any atom is 0.317 e. The summed E-state index contributed by atoms with van der Waals surface area (Å²) in [6.07, 6.45) is 1.41. The molecule has 72 heavy (non-hydrogen) atoms. The number of aliphatic hydroxyl groups is 2. The highest BCUT2D eigenvalue weighted by Crippen LogP contribution is 2.27. The third kappa shape index (κ3) is 14.7. The van der Waals surface area contributed by atoms with Crippen LogP contribution in [0.2, 0.25) is 0 Å². The van der Waals surface area contributed by atoms with Gasteiger partial charge in [-0.25, -0.2) is 4.98 Å². The molecule has 5 aromatic rings. The molecule has 2 saturated heterocycles. The second-order valence-corrected chi connectivity index (χ2v) is 17.8. The first kappa shape index (κ1) is 52.6. The third-order valence-electron chi connectivity index (χ3n) is 12.6. The number of β-amino-alcohol motifs (C(OH)–C–C–N with tert-alkyl or cyclic N) is 2. The zero-order valence-corrected chi connectivity index (χ0v) is 39.8. The fourth-order valence-corrected chi connectivity index (χ4v) is 8.88. The van der Waals surface area contributed by atoms with E-state index in [4.69, 9.17) is 4.42 Å². The van der Waals surface area contributed by atoms with Gasteiger partial charge in [-0.15, -0.1) is 0 Å². The minimum atomic E-state index is -1.61. The van der Waals surface area contributed by atoms with Crippen LogP contribution >= 0.6 is 0 Å². The van der Waals surface area contributed by atoms with E-state index in [1.165, 1.54) is 11.1 Å². The van der Waals surface area contributed by atoms with Gasteiger partial charge >= 0.3 is 11.9 Å². The van der Waals surface area contributed by atoms with Crippen LogP contribution in [0.1, 0.15) is 50.7 Å². The number of Topliss-reactive ketones (excluding diaryl/α,β-unsaturated/α-hetero) is 1. The van der Waals surface area contributed by atoms with Crippen LogP contribution < -0.4 is 16.0 Å². The van der Waals surface area contributed by atoms with Gasteiger partial charge in [0.25, 0.3) is 17.7 Å². The van der Waals surface area contributed by atoms with Gasteiger partial charge in [0.1, 0.15) is 11.6 Å². The summed E-state index contributed by atoms with van der Waals surface area (Å²) in [6.45, 7) is 2.56. The number of aliphatic hydroxyl groups excluding tert-OH is 1. The maximum atomic E-state index is 13.6. The molecular weight excluding hydrogens is 933 g/mol. The number of benzene rings is 3. The molecule has 382 valence electrons. The Morgan fingerprint density at radius 3 is 1.94 bits per heavy atom. The van der Waals surface area contributed by atoms with E-state index >= 15 is 0 Å². The molecule has 0 radical (unpaired) electrons. The molecule has 2 fully saturated rings. The zero-order chi connectivity index (χ0) is 51.1. The van der Waals surface area contributed by atoms with E-state index in [2.05, 4.69) is 25.9 Å². The average molecular weight is 993 g/mol. The summed E-state index contributed by atoms with van der Waals surface area (Å²) in [7, 11) is 0. The van der Waals surface area contributed by atoms with E-state index in [0.29, 0.717) is 98.2 Å². The Morgan fingerprint density at radius 2 is 1.29 bits per heavy atom. The number of nitrogens with zero attached hydrogens (tertiary/aromatic N) is 7. The molecule has 0 unspecified atom stereocenters. The van der Waals surface area contributed by atoms with Crippen LogP contribution in [0.15, 0.2) is 83.4 Å². The Balaban J connectivity index is 0.875. The molecule has 0 bridgehead atoms. The number of oxazole rings is 1. The lowest BCUT2D eigenvalue weighted by atomic mass is 9.99. The summed E-state index contributed by atoms with van der Waals surface area (Å²) in [5, 5.41) is 47.3. The number of para-hydroxylation sites is 2. The first-order valence-corrected chi connectivity index (χ1v) is 23.9. The van der Waals surface area contributed by atoms with Crippen molar-refractivity contribution in [3.63, 3.8) is 0 Å². The summed E-state index contributed by atoms with van der Waals surface area (Å²) >= 11 is 0. The standard InChI is InChI=1S/C50H60N10O12/c61-42(29-56-19-21-57(30-44(63)64)23-25-59(32-46(67)68)26-24-58(22-20-56)31-45(65)66)52-15-4-16-53-48(70)34-10-8-33(9-11-34)35-12-13-38-37(27-35)36(14-17-51-38)49(71)54-28-43(62)60-18-3-6-40(60)47(69)50-55-39-5-1-2-7-41(39)72-50/h1-2,5,7-14,17,27,40,44,63-64H,3-4,6,15-16,18-26,28-32H2,(H,52,61)(H,53,70)(H,54,71)(H,65,66)(H,67,68)/t40-/m0/s1. The average Bonchev–Trinajstić information content (AvgIpc) is 4.04. The van der Waals surface area contributed by atoms with Crippen LogP contribution in [-0.4, -0.2) is 213 Å². The van der Waals surface area contributed by atoms with Gasteiger partial charge in [0, 0.05) is 95.7 Å². The largest absolute Gasteiger partial charge is 0.480 e. The van der Waals surface area contributed by atoms with Gasteiger partial charge in [0.15, 0.2) is 11.9 Å². The molecule has 2 aliphatic rings. The molecule has 0 spiro atoms. The predicted molar refractivity (Wildman–Crippen MR) is 262 cm³/mol. The number of hydrogen-bond donors (Lipinski definition) is 7. The highest BCUT2D eigenvalue weighted by Gasteiger charge is 2.37. The Kier molecular flexibility index (Phi) is 18.5. The van der Waals surface area contributed by atoms with Crippen LogP contribution in [0.5, 0.6) is 0 Å². The summed E-state index contributed by atoms with van der Waals surface area (Å²) < 4.78 is 5.67. The molecule has 22 heteroatoms. The maximum absolute atomic E-state index is 13.6. The van der Waals surface area contributed by atoms with E-state index in [9.17, 15) is 54.0 Å². The van der Waals surface area contributed by atoms with Crippen molar-refractivity contribution in [3.8, 4) is 11.1 Å². The number of carboxylic acids is 2. The van der Waals surface area contributed by atoms with Gasteiger partial charge in [0.2, 0.25) is 17.6 Å². The quantitative estimate of drug-likeness (QED) is 0.0338. The molecule has 22 nitrogen and oxygen atoms in total. The molecule has 1 atom stereocenters. The molecule has 0 aliphatic carbocycles. The Bertz CT molecular complexity index is 2700. The topological polar surface area (TPSA) is 292 Å². The summed E-state index contributed by atoms with van der Waals surface area (Å²) in [5.74, 6) is -3.97. The van der Waals surface area contributed by atoms with Crippen LogP contribution in [-0.2, 0) is 19.2 Å². The van der Waals surface area contributed by atoms with Gasteiger partial charge in [-0.05, 0) is 72.9 Å². The Hall–Kier alpha value is -7.21. The highest BCUT2D eigenvalue weighted by atomic mass is 16.5. The molecule has 4 amide bonds. The second kappa shape index (κ2) is 25.3. The summed E-state index contributed by atoms with van der Waals surface area (Å²) in [5.41, 5.74) is 3.85. The number of fused-ring (bicyclic) bond motifs is 2. The van der Waals surface area contributed by atoms with Crippen LogP contribution in [0.3, 0.4) is 0 Å². The summed E-state index contributed by atoms with van der Waals surface area (Å²) in [4.78, 5) is 107. The first-order chi connectivity index (χ1) is 34.7. The SMILES string of the molecule is O=C(O)CN1CCN(CC(=O)O)CCN(CC(O)O)CCN(CC(=O)NCCCNC(=O)c2ccc(-c3ccc4nccc(C(=O)NCC(=O)N5CCC[C@H]5C(=O)c5nc6ccccc6o5)c4c3)cc2)CC1. The number of carboxylic acid groups (broad SMARTS) is 2. The number of hydrogen-bond acceptors (Lipinski definition) is 16. The number of carbonyl (C=O) groups excluding carboxylic acids is 5. The normalized spacial score (nSPS) is 16.8. The Morgan fingerprint density at radius 1 is 0.667 bits per heavy atom. The lowest BCUT2D eigenvalue weighted by Crippen LogP contribution is -2.50. The number of carbonyl (C=O) groups is 7. The number of amides is 4. The van der Waals surface area contributed by atoms with E-state index in [-0.39, 0.29) is 82.4 Å². The second-order valence-electron chi connectivity index (χ2n) is 17.8. The minimum Gasteiger partial charge on any atom is -0.480 e. The van der Waals surface area contributed by atoms with Crippen molar-refractivity contribution in [2.75, 3.05) is 105 Å². The molecule has 2 aliphatic heterocycles. The van der Waals surface area contributed by atoms with Crippen LogP contribution in [0.25, 0.3) is 33.1 Å². The molecular formula is C50H60N10O12. The van der Waals surface area contributed by atoms with Gasteiger partial charge in [-0.1, -0.05) is 30.3 Å². The van der Waals surface area contributed by atoms with Gasteiger partial charge < -0.3 is 45.7 Å². The van der Waals surface area contributed by atoms with Gasteiger partial charge in [0.05, 0.1) is 37.3 Å². The number of pyridine rings is 1. The lowest BCUT2D eigenvalue weighted by molar-refractivity contribution is -0.140. The van der Waals surface area contributed by atoms with Crippen molar-refractivity contribution in [1.82, 2.24) is 50.4 Å². The van der Waals surface area contributed by atoms with Crippen LogP contribution in [0.4, 0.5) is 0 Å². The number of nitrogens with one attached hydrogen (secondary N) is 3. The van der Waals surface area contributed by atoms with Crippen molar-refractivity contribution in [2.24, 2.45) is 0 Å². The van der Waals surface area contributed by atoms with E-state index in [1.807, 2.05) is 17.0 Å². The number of likely N-dealkylation sites (tertiary alicyclic amines) is 1. The number of ketones is 1. The lowest BCUT2D eigenvalue weighted by Gasteiger charge is -2.33. The fraction of sp³-hybridized carbons (Fsp3) is 0.420. The molecule has 7 rings (SSSR count). The van der Waals surface area contributed by atoms with Gasteiger partial charge in [-0.2, -0.15) is 0 Å². The van der Waals surface area contributed by atoms with Crippen molar-refractivity contribution in [1.29, 1.82) is 0 Å². The van der Waals surface area contributed by atoms with Crippen molar-refractivity contribution in [3.05, 3.63) is 96.0 Å². The minimum absolute atomic E-state index is 0.00231. The van der Waals surface area contributed by atoms with E-state index in [0.717, 1.165) is 11.1 Å². The van der Waals surface area contributed by atoms with Crippen LogP contribution in [0, 0.1) is 0 Å². The third-order valence-corrected chi connectivity index (χ3v) is 12.6. The monoisotopic (exact) mass is 992 g/mol. The van der Waals surface area contributed by atoms with E-state index in [1.54, 1.807) is 75.4 Å². The molecule has 4 heterocycles. The van der Waals surface area contributed by atoms with Crippen molar-refractivity contribution < 1.29 is 58.4 Å². The highest BCUT2D eigenvalue weighted by molar-refractivity contribution is 6.08. The predicted octanol–water partition coefficient (Wildman–Crippen LogP) is 0.584. The Labute approximate surface area is 414 Å². The molecule has 2 aromatic heterocycles. The van der Waals surface area contributed by atoms with Crippen molar-refractivity contribution >= 4 is 63.4 Å². The molecule has 7 N–H and O–H groups in total. The molecule has 3 aromatic carbocycles. The first-order valence-electron chi connectivity index (χ1n) is 23.9. The van der Waals surface area contributed by atoms with E-state index < -0.39 is 36.1 Å². The number of aromatic nitrogens is 2.